The largest absolute Gasteiger partial charge is 0.314 e. The molecule has 0 aliphatic rings. The van der Waals surface area contributed by atoms with Crippen LogP contribution in [-0.2, 0) is 0 Å². The normalized spacial score (nSPS) is 14.1. The fraction of sp³-hybridized carbons (Fsp3) is 0.333. The molecule has 0 bridgehead atoms. The minimum atomic E-state index is -0.214. The van der Waals surface area contributed by atoms with E-state index in [9.17, 15) is 4.39 Å². The topological polar surface area (TPSA) is 12.0 Å². The van der Waals surface area contributed by atoms with E-state index in [0.29, 0.717) is 6.04 Å². The van der Waals surface area contributed by atoms with E-state index >= 15 is 0 Å². The summed E-state index contributed by atoms with van der Waals surface area (Å²) in [5, 5.41) is 3.14. The van der Waals surface area contributed by atoms with Crippen molar-refractivity contribution in [2.45, 2.75) is 19.9 Å². The van der Waals surface area contributed by atoms with Crippen LogP contribution in [0.3, 0.4) is 0 Å². The van der Waals surface area contributed by atoms with Crippen molar-refractivity contribution in [3.8, 4) is 0 Å². The molecule has 1 N–H and O–H groups in total. The molecule has 1 rings (SSSR count). The molecule has 1 atom stereocenters. The summed E-state index contributed by atoms with van der Waals surface area (Å²) in [5.74, 6) is -0.214. The number of hydrogen-bond acceptors (Lipinski definition) is 1. The minimum Gasteiger partial charge on any atom is -0.314 e. The van der Waals surface area contributed by atoms with Crippen molar-refractivity contribution in [1.29, 1.82) is 0 Å². The number of likely N-dealkylation sites (N-methyl/N-ethyl adjacent to an activating group) is 1. The van der Waals surface area contributed by atoms with Crippen molar-refractivity contribution >= 4 is 22.0 Å². The molecular formula is C12H15BrFN. The van der Waals surface area contributed by atoms with Crippen molar-refractivity contribution in [2.75, 3.05) is 7.05 Å². The summed E-state index contributed by atoms with van der Waals surface area (Å²) in [5.41, 5.74) is 2.04. The first-order valence-corrected chi connectivity index (χ1v) is 5.64. The molecule has 1 nitrogen and oxygen atoms in total. The van der Waals surface area contributed by atoms with Gasteiger partial charge >= 0.3 is 0 Å². The second-order valence-corrected chi connectivity index (χ2v) is 4.42. The van der Waals surface area contributed by atoms with Gasteiger partial charge in [-0.2, -0.15) is 0 Å². The van der Waals surface area contributed by atoms with Crippen molar-refractivity contribution < 1.29 is 4.39 Å². The lowest BCUT2D eigenvalue weighted by Gasteiger charge is -2.11. The lowest BCUT2D eigenvalue weighted by atomic mass is 10.1. The molecule has 0 saturated heterocycles. The van der Waals surface area contributed by atoms with Crippen LogP contribution in [0.1, 0.15) is 19.4 Å². The van der Waals surface area contributed by atoms with Gasteiger partial charge in [0, 0.05) is 10.5 Å². The predicted octanol–water partition coefficient (Wildman–Crippen LogP) is 3.60. The number of hydrogen-bond donors (Lipinski definition) is 1. The van der Waals surface area contributed by atoms with Gasteiger partial charge in [0.05, 0.1) is 0 Å². The Morgan fingerprint density at radius 1 is 1.53 bits per heavy atom. The molecule has 0 aliphatic carbocycles. The maximum atomic E-state index is 13.0. The molecule has 82 valence electrons. The van der Waals surface area contributed by atoms with E-state index in [1.165, 1.54) is 17.7 Å². The average Bonchev–Trinajstić information content (AvgIpc) is 2.22. The summed E-state index contributed by atoms with van der Waals surface area (Å²) in [4.78, 5) is 0. The molecule has 15 heavy (non-hydrogen) atoms. The van der Waals surface area contributed by atoms with Crippen LogP contribution in [0.15, 0.2) is 28.2 Å². The van der Waals surface area contributed by atoms with E-state index in [1.807, 2.05) is 20.0 Å². The highest BCUT2D eigenvalue weighted by Gasteiger charge is 2.03. The summed E-state index contributed by atoms with van der Waals surface area (Å²) in [6, 6.07) is 4.98. The fourth-order valence-corrected chi connectivity index (χ4v) is 1.58. The maximum Gasteiger partial charge on any atom is 0.123 e. The van der Waals surface area contributed by atoms with Crippen LogP contribution in [0.2, 0.25) is 0 Å². The Hall–Kier alpha value is -0.670. The lowest BCUT2D eigenvalue weighted by Crippen LogP contribution is -2.21. The zero-order valence-corrected chi connectivity index (χ0v) is 10.7. The lowest BCUT2D eigenvalue weighted by molar-refractivity contribution is 0.627. The Balaban J connectivity index is 3.01. The standard InChI is InChI=1S/C12H15BrFN/c1-8(9(2)15-3)6-10-7-11(14)4-5-12(10)13/h4-7,9,15H,1-3H3/b8-6+. The monoisotopic (exact) mass is 271 g/mol. The quantitative estimate of drug-likeness (QED) is 0.886. The second-order valence-electron chi connectivity index (χ2n) is 3.56. The summed E-state index contributed by atoms with van der Waals surface area (Å²) < 4.78 is 13.9. The molecule has 0 saturated carbocycles. The summed E-state index contributed by atoms with van der Waals surface area (Å²) in [7, 11) is 1.91. The van der Waals surface area contributed by atoms with Crippen molar-refractivity contribution in [3.63, 3.8) is 0 Å². The van der Waals surface area contributed by atoms with E-state index in [2.05, 4.69) is 28.2 Å². The molecule has 0 radical (unpaired) electrons. The van der Waals surface area contributed by atoms with Gasteiger partial charge in [0.1, 0.15) is 5.82 Å². The van der Waals surface area contributed by atoms with Gasteiger partial charge in [0.25, 0.3) is 0 Å². The Bertz CT molecular complexity index is 374. The molecule has 1 aromatic rings. The van der Waals surface area contributed by atoms with E-state index in [-0.39, 0.29) is 5.82 Å². The molecule has 1 aromatic carbocycles. The number of rotatable bonds is 3. The van der Waals surface area contributed by atoms with Gasteiger partial charge in [0.2, 0.25) is 0 Å². The van der Waals surface area contributed by atoms with Crippen LogP contribution in [0, 0.1) is 5.82 Å². The van der Waals surface area contributed by atoms with Crippen molar-refractivity contribution in [1.82, 2.24) is 5.32 Å². The fourth-order valence-electron chi connectivity index (χ4n) is 1.22. The zero-order valence-electron chi connectivity index (χ0n) is 9.14. The predicted molar refractivity (Wildman–Crippen MR) is 66.3 cm³/mol. The van der Waals surface area contributed by atoms with E-state index in [0.717, 1.165) is 10.0 Å². The summed E-state index contributed by atoms with van der Waals surface area (Å²) in [6.07, 6.45) is 1.98. The van der Waals surface area contributed by atoms with Crippen LogP contribution in [0.25, 0.3) is 6.08 Å². The van der Waals surface area contributed by atoms with Crippen LogP contribution in [-0.4, -0.2) is 13.1 Å². The molecular weight excluding hydrogens is 257 g/mol. The van der Waals surface area contributed by atoms with Crippen molar-refractivity contribution in [3.05, 3.63) is 39.6 Å². The van der Waals surface area contributed by atoms with Crippen LogP contribution in [0.4, 0.5) is 4.39 Å². The van der Waals surface area contributed by atoms with Gasteiger partial charge < -0.3 is 5.32 Å². The zero-order chi connectivity index (χ0) is 11.4. The maximum absolute atomic E-state index is 13.0. The highest BCUT2D eigenvalue weighted by Crippen LogP contribution is 2.21. The van der Waals surface area contributed by atoms with Crippen LogP contribution in [0.5, 0.6) is 0 Å². The number of halogens is 2. The Kier molecular flexibility index (Phi) is 4.48. The van der Waals surface area contributed by atoms with Gasteiger partial charge in [-0.05, 0) is 44.7 Å². The molecule has 0 heterocycles. The van der Waals surface area contributed by atoms with Crippen LogP contribution >= 0.6 is 15.9 Å². The Labute approximate surface area is 98.5 Å². The highest BCUT2D eigenvalue weighted by molar-refractivity contribution is 9.10. The SMILES string of the molecule is CNC(C)/C(C)=C/c1cc(F)ccc1Br. The molecule has 3 heteroatoms. The molecule has 1 unspecified atom stereocenters. The average molecular weight is 272 g/mol. The van der Waals surface area contributed by atoms with Gasteiger partial charge in [-0.25, -0.2) is 4.39 Å². The summed E-state index contributed by atoms with van der Waals surface area (Å²) in [6.45, 7) is 4.09. The third-order valence-electron chi connectivity index (χ3n) is 2.46. The number of nitrogens with one attached hydrogen (secondary N) is 1. The third kappa shape index (κ3) is 3.43. The van der Waals surface area contributed by atoms with E-state index in [4.69, 9.17) is 0 Å². The van der Waals surface area contributed by atoms with Gasteiger partial charge in [-0.3, -0.25) is 0 Å². The molecule has 0 amide bonds. The van der Waals surface area contributed by atoms with Crippen molar-refractivity contribution in [2.24, 2.45) is 0 Å². The van der Waals surface area contributed by atoms with E-state index < -0.39 is 0 Å². The minimum absolute atomic E-state index is 0.214. The Morgan fingerprint density at radius 2 is 2.20 bits per heavy atom. The Morgan fingerprint density at radius 3 is 2.80 bits per heavy atom. The first-order valence-electron chi connectivity index (χ1n) is 4.85. The second kappa shape index (κ2) is 5.42. The van der Waals surface area contributed by atoms with Gasteiger partial charge in [-0.15, -0.1) is 0 Å². The molecule has 0 fully saturated rings. The smallest absolute Gasteiger partial charge is 0.123 e. The van der Waals surface area contributed by atoms with Crippen LogP contribution < -0.4 is 5.32 Å². The first kappa shape index (κ1) is 12.4. The summed E-state index contributed by atoms with van der Waals surface area (Å²) >= 11 is 3.40. The first-order chi connectivity index (χ1) is 7.04. The van der Waals surface area contributed by atoms with E-state index in [1.54, 1.807) is 6.07 Å². The highest BCUT2D eigenvalue weighted by atomic mass is 79.9. The molecule has 0 aromatic heterocycles. The number of benzene rings is 1. The van der Waals surface area contributed by atoms with Gasteiger partial charge in [0.15, 0.2) is 0 Å². The van der Waals surface area contributed by atoms with Gasteiger partial charge in [-0.1, -0.05) is 27.6 Å². The third-order valence-corrected chi connectivity index (χ3v) is 3.18. The molecule has 0 spiro atoms. The molecule has 0 aliphatic heterocycles.